The molecule has 1 aromatic heterocycles. The lowest BCUT2D eigenvalue weighted by Gasteiger charge is -2.36. The number of hydrogen-bond acceptors (Lipinski definition) is 15. The van der Waals surface area contributed by atoms with Crippen LogP contribution in [0.4, 0.5) is 5.13 Å². The summed E-state index contributed by atoms with van der Waals surface area (Å²) < 4.78 is 43.8. The summed E-state index contributed by atoms with van der Waals surface area (Å²) in [6.45, 7) is 2.40. The van der Waals surface area contributed by atoms with Crippen LogP contribution in [0, 0.1) is 0 Å². The Morgan fingerprint density at radius 2 is 1.49 bits per heavy atom. The average Bonchev–Trinajstić information content (AvgIpc) is 3.68. The molecule has 0 saturated carbocycles. The van der Waals surface area contributed by atoms with E-state index in [0.29, 0.717) is 84.6 Å². The van der Waals surface area contributed by atoms with Crippen LogP contribution in [-0.4, -0.2) is 86.1 Å². The Labute approximate surface area is 295 Å². The van der Waals surface area contributed by atoms with Crippen molar-refractivity contribution in [2.75, 3.05) is 44.8 Å². The van der Waals surface area contributed by atoms with E-state index in [4.69, 9.17) is 29.8 Å². The highest BCUT2D eigenvalue weighted by Crippen LogP contribution is 2.56. The Kier molecular flexibility index (Phi) is 11.8. The van der Waals surface area contributed by atoms with Crippen molar-refractivity contribution in [1.29, 1.82) is 0 Å². The van der Waals surface area contributed by atoms with Gasteiger partial charge in [0.1, 0.15) is 23.0 Å². The minimum atomic E-state index is -3.96. The van der Waals surface area contributed by atoms with Crippen LogP contribution in [-0.2, 0) is 39.4 Å². The van der Waals surface area contributed by atoms with E-state index in [2.05, 4.69) is 20.8 Å². The highest BCUT2D eigenvalue weighted by Gasteiger charge is 2.53. The number of anilines is 1. The maximum Gasteiger partial charge on any atom is 0.340 e. The van der Waals surface area contributed by atoms with Crippen LogP contribution in [0.2, 0.25) is 0 Å². The first-order chi connectivity index (χ1) is 24.4. The maximum atomic E-state index is 12.5. The van der Waals surface area contributed by atoms with Gasteiger partial charge in [0.15, 0.2) is 5.60 Å². The third kappa shape index (κ3) is 8.77. The molecule has 0 aliphatic carbocycles. The molecule has 0 fully saturated rings. The number of nitrogens with two attached hydrogens (primary N) is 2. The standard InChI is InChI=1S/C20H12O5.C12H22N6O6S2/c21-11-5-7-15-17(9-11)24-18-10-12(22)6-8-16(18)20(15)14-4-2-1-3-13(14)19(23)25-20;13-3-5-23-7-8-24-6-4-15-9(19)1-2-10(20)16-11-17-18-12(25-11)26(14,21)22/h1-10,21-22H;1-8,13H2,(H,15,19)(H2,14,21,22)(H,16,17,20). The molecular weight excluding hydrogens is 709 g/mol. The second kappa shape index (κ2) is 16.2. The number of fused-ring (bicyclic) bond motifs is 6. The molecule has 19 heteroatoms. The summed E-state index contributed by atoms with van der Waals surface area (Å²) in [7, 11) is -3.96. The first-order valence-corrected chi connectivity index (χ1v) is 17.7. The van der Waals surface area contributed by atoms with Crippen LogP contribution in [0.25, 0.3) is 0 Å². The third-order valence-electron chi connectivity index (χ3n) is 7.36. The number of ether oxygens (including phenoxy) is 4. The van der Waals surface area contributed by atoms with Crippen LogP contribution in [0.3, 0.4) is 0 Å². The number of phenols is 2. The summed E-state index contributed by atoms with van der Waals surface area (Å²) >= 11 is 0.627. The van der Waals surface area contributed by atoms with Crippen LogP contribution < -0.4 is 26.2 Å². The number of aromatic hydroxyl groups is 2. The first kappa shape index (κ1) is 37.1. The van der Waals surface area contributed by atoms with Crippen molar-refractivity contribution in [3.05, 3.63) is 82.9 Å². The molecule has 3 heterocycles. The van der Waals surface area contributed by atoms with Crippen LogP contribution >= 0.6 is 11.3 Å². The lowest BCUT2D eigenvalue weighted by Crippen LogP contribution is -2.32. The smallest absolute Gasteiger partial charge is 0.340 e. The summed E-state index contributed by atoms with van der Waals surface area (Å²) in [5, 5.41) is 36.3. The molecule has 0 atom stereocenters. The van der Waals surface area contributed by atoms with Gasteiger partial charge in [-0.15, -0.1) is 10.2 Å². The van der Waals surface area contributed by atoms with Gasteiger partial charge in [-0.1, -0.05) is 29.5 Å². The number of amides is 2. The summed E-state index contributed by atoms with van der Waals surface area (Å²) in [4.78, 5) is 35.8. The average molecular weight is 743 g/mol. The Morgan fingerprint density at radius 1 is 0.863 bits per heavy atom. The van der Waals surface area contributed by atoms with Gasteiger partial charge in [0.2, 0.25) is 21.3 Å². The zero-order valence-corrected chi connectivity index (χ0v) is 28.5. The van der Waals surface area contributed by atoms with Crippen molar-refractivity contribution in [3.8, 4) is 23.0 Å². The number of esters is 1. The van der Waals surface area contributed by atoms with E-state index in [9.17, 15) is 33.0 Å². The Balaban J connectivity index is 0.000000198. The predicted octanol–water partition coefficient (Wildman–Crippen LogP) is 1.68. The van der Waals surface area contributed by atoms with Crippen molar-refractivity contribution >= 4 is 44.3 Å². The van der Waals surface area contributed by atoms with Crippen molar-refractivity contribution in [1.82, 2.24) is 15.5 Å². The fourth-order valence-corrected chi connectivity index (χ4v) is 6.54. The number of phenolic OH excluding ortho intramolecular Hbond substituents is 2. The van der Waals surface area contributed by atoms with E-state index in [1.165, 1.54) is 24.3 Å². The van der Waals surface area contributed by atoms with E-state index in [1.54, 1.807) is 24.3 Å². The van der Waals surface area contributed by atoms with Gasteiger partial charge in [-0.25, -0.2) is 18.4 Å². The number of rotatable bonds is 13. The van der Waals surface area contributed by atoms with Gasteiger partial charge in [0.25, 0.3) is 10.0 Å². The molecule has 6 rings (SSSR count). The number of hydrogen-bond donors (Lipinski definition) is 6. The molecule has 17 nitrogen and oxygen atoms in total. The molecule has 0 bridgehead atoms. The topological polar surface area (TPSA) is 265 Å². The molecular formula is C32H34N6O11S2. The number of aromatic nitrogens is 2. The predicted molar refractivity (Wildman–Crippen MR) is 181 cm³/mol. The summed E-state index contributed by atoms with van der Waals surface area (Å²) in [6, 6.07) is 16.6. The molecule has 2 aliphatic rings. The van der Waals surface area contributed by atoms with E-state index >= 15 is 0 Å². The Hall–Kier alpha value is -5.18. The van der Waals surface area contributed by atoms with Crippen LogP contribution in [0.15, 0.2) is 65.0 Å². The van der Waals surface area contributed by atoms with Gasteiger partial charge in [-0.3, -0.25) is 9.59 Å². The molecule has 8 N–H and O–H groups in total. The highest BCUT2D eigenvalue weighted by molar-refractivity contribution is 7.91. The van der Waals surface area contributed by atoms with Gasteiger partial charge in [-0.05, 0) is 30.3 Å². The number of primary sulfonamides is 1. The number of nitrogens with one attached hydrogen (secondary N) is 2. The Bertz CT molecular complexity index is 1970. The fourth-order valence-electron chi connectivity index (χ4n) is 5.19. The lowest BCUT2D eigenvalue weighted by atomic mass is 9.77. The molecule has 2 amide bonds. The minimum Gasteiger partial charge on any atom is -0.508 e. The quantitative estimate of drug-likeness (QED) is 0.0647. The molecule has 0 saturated heterocycles. The highest BCUT2D eigenvalue weighted by atomic mass is 32.2. The molecule has 0 radical (unpaired) electrons. The molecule has 1 spiro atoms. The van der Waals surface area contributed by atoms with Crippen molar-refractivity contribution < 1.29 is 52.0 Å². The molecule has 4 aromatic rings. The molecule has 270 valence electrons. The van der Waals surface area contributed by atoms with Gasteiger partial charge in [0, 0.05) is 54.8 Å². The van der Waals surface area contributed by atoms with E-state index in [0.717, 1.165) is 0 Å². The van der Waals surface area contributed by atoms with E-state index in [1.807, 2.05) is 12.1 Å². The van der Waals surface area contributed by atoms with Crippen LogP contribution in [0.1, 0.15) is 39.9 Å². The lowest BCUT2D eigenvalue weighted by molar-refractivity contribution is -0.124. The minimum absolute atomic E-state index is 0.00955. The zero-order valence-electron chi connectivity index (χ0n) is 26.9. The van der Waals surface area contributed by atoms with Crippen molar-refractivity contribution in [2.45, 2.75) is 22.8 Å². The zero-order chi connectivity index (χ0) is 36.6. The summed E-state index contributed by atoms with van der Waals surface area (Å²) in [5.41, 5.74) is 6.54. The SMILES string of the molecule is NCCOCCOCCNC(=O)CCC(=O)Nc1nnc(S(N)(=O)=O)s1.O=C1OC2(c3ccc(O)cc3Oc3cc(O)ccc32)c2ccccc21. The maximum absolute atomic E-state index is 12.5. The second-order valence-corrected chi connectivity index (χ2v) is 13.6. The van der Waals surface area contributed by atoms with Crippen molar-refractivity contribution in [3.63, 3.8) is 0 Å². The molecule has 2 aliphatic heterocycles. The van der Waals surface area contributed by atoms with Gasteiger partial charge < -0.3 is 45.5 Å². The normalized spacial score (nSPS) is 13.5. The number of carbonyl (C=O) groups is 3. The van der Waals surface area contributed by atoms with Gasteiger partial charge in [0.05, 0.1) is 32.0 Å². The number of nitrogens with zero attached hydrogens (tertiary/aromatic N) is 2. The van der Waals surface area contributed by atoms with E-state index in [-0.39, 0.29) is 35.4 Å². The van der Waals surface area contributed by atoms with Crippen molar-refractivity contribution in [2.24, 2.45) is 10.9 Å². The van der Waals surface area contributed by atoms with Gasteiger partial charge >= 0.3 is 5.97 Å². The number of carbonyl (C=O) groups excluding carboxylic acids is 3. The monoisotopic (exact) mass is 742 g/mol. The van der Waals surface area contributed by atoms with Crippen LogP contribution in [0.5, 0.6) is 23.0 Å². The van der Waals surface area contributed by atoms with Gasteiger partial charge in [-0.2, -0.15) is 0 Å². The molecule has 3 aromatic carbocycles. The number of benzene rings is 3. The summed E-state index contributed by atoms with van der Waals surface area (Å²) in [5.74, 6) is -0.401. The molecule has 0 unspecified atom stereocenters. The Morgan fingerprint density at radius 3 is 2.12 bits per heavy atom. The number of sulfonamides is 1. The molecule has 51 heavy (non-hydrogen) atoms. The fraction of sp³-hybridized carbons (Fsp3) is 0.281. The largest absolute Gasteiger partial charge is 0.508 e. The van der Waals surface area contributed by atoms with E-state index < -0.39 is 31.8 Å². The summed E-state index contributed by atoms with van der Waals surface area (Å²) in [6.07, 6.45) is -0.129. The second-order valence-electron chi connectivity index (χ2n) is 10.9. The first-order valence-electron chi connectivity index (χ1n) is 15.4. The third-order valence-corrected chi connectivity index (χ3v) is 9.51.